The molecule has 0 bridgehead atoms. The molecule has 1 heterocycles. The van der Waals surface area contributed by atoms with Crippen LogP contribution in [-0.4, -0.2) is 37.1 Å². The van der Waals surface area contributed by atoms with Crippen LogP contribution >= 0.6 is 11.6 Å². The number of anilines is 1. The van der Waals surface area contributed by atoms with Gasteiger partial charge in [0.2, 0.25) is 5.91 Å². The number of likely N-dealkylation sites (N-methyl/N-ethyl adjacent to an activating group) is 1. The molecular weight excluding hydrogens is 359 g/mol. The number of amides is 1. The van der Waals surface area contributed by atoms with E-state index in [-0.39, 0.29) is 18.3 Å². The van der Waals surface area contributed by atoms with E-state index in [1.807, 2.05) is 0 Å². The van der Waals surface area contributed by atoms with Crippen LogP contribution in [0.15, 0.2) is 36.4 Å². The number of hydrogen-bond acceptors (Lipinski definition) is 4. The lowest BCUT2D eigenvalue weighted by atomic mass is 10.1. The van der Waals surface area contributed by atoms with Crippen molar-refractivity contribution in [2.75, 3.05) is 25.6 Å². The first-order valence-corrected chi connectivity index (χ1v) is 8.67. The summed E-state index contributed by atoms with van der Waals surface area (Å²) in [6, 6.07) is 9.30. The molecule has 0 unspecified atom stereocenters. The van der Waals surface area contributed by atoms with E-state index >= 15 is 0 Å². The van der Waals surface area contributed by atoms with Gasteiger partial charge in [-0.15, -0.1) is 0 Å². The molecule has 138 valence electrons. The molecule has 0 aliphatic carbocycles. The average molecular weight is 379 g/mol. The van der Waals surface area contributed by atoms with Gasteiger partial charge in [0.1, 0.15) is 19.0 Å². The summed E-state index contributed by atoms with van der Waals surface area (Å²) in [5.74, 6) is 0.669. The molecule has 2 aromatic carbocycles. The fraction of sp³-hybridized carbons (Fsp3) is 0.316. The maximum absolute atomic E-state index is 13.9. The quantitative estimate of drug-likeness (QED) is 0.861. The molecule has 2 aromatic rings. The normalized spacial score (nSPS) is 14.2. The summed E-state index contributed by atoms with van der Waals surface area (Å²) >= 11 is 6.06. The van der Waals surface area contributed by atoms with Crippen molar-refractivity contribution in [3.8, 4) is 11.5 Å². The highest BCUT2D eigenvalue weighted by atomic mass is 35.5. The van der Waals surface area contributed by atoms with Crippen molar-refractivity contribution < 1.29 is 18.7 Å². The number of rotatable bonds is 5. The highest BCUT2D eigenvalue weighted by Gasteiger charge is 2.21. The SMILES string of the molecule is C[C@@H](C(=O)Nc1ccc2c(c1)OCCO2)N(C)Cc1c(F)cccc1Cl. The molecule has 1 amide bonds. The Kier molecular flexibility index (Phi) is 5.64. The molecule has 0 saturated heterocycles. The molecule has 3 rings (SSSR count). The molecule has 0 saturated carbocycles. The number of carbonyl (C=O) groups excluding carboxylic acids is 1. The minimum absolute atomic E-state index is 0.211. The van der Waals surface area contributed by atoms with Crippen LogP contribution in [0, 0.1) is 5.82 Å². The van der Waals surface area contributed by atoms with E-state index in [0.717, 1.165) is 0 Å². The van der Waals surface area contributed by atoms with Crippen LogP contribution in [0.4, 0.5) is 10.1 Å². The van der Waals surface area contributed by atoms with Gasteiger partial charge in [0, 0.05) is 28.9 Å². The Labute approximate surface area is 156 Å². The predicted octanol–water partition coefficient (Wildman–Crippen LogP) is 3.71. The van der Waals surface area contributed by atoms with Crippen molar-refractivity contribution in [1.82, 2.24) is 4.90 Å². The Morgan fingerprint density at radius 1 is 1.27 bits per heavy atom. The number of fused-ring (bicyclic) bond motifs is 1. The second kappa shape index (κ2) is 7.93. The third kappa shape index (κ3) is 4.08. The zero-order valence-corrected chi connectivity index (χ0v) is 15.3. The average Bonchev–Trinajstić information content (AvgIpc) is 2.64. The number of nitrogens with zero attached hydrogens (tertiary/aromatic N) is 1. The maximum atomic E-state index is 13.9. The van der Waals surface area contributed by atoms with Gasteiger partial charge < -0.3 is 14.8 Å². The van der Waals surface area contributed by atoms with Crippen LogP contribution in [0.25, 0.3) is 0 Å². The standard InChI is InChI=1S/C19H20ClFN2O3/c1-12(23(2)11-14-15(20)4-3-5-16(14)21)19(24)22-13-6-7-17-18(10-13)26-9-8-25-17/h3-7,10,12H,8-9,11H2,1-2H3,(H,22,24)/t12-/m0/s1. The summed E-state index contributed by atoms with van der Waals surface area (Å²) in [7, 11) is 1.75. The Hall–Kier alpha value is -2.31. The lowest BCUT2D eigenvalue weighted by molar-refractivity contribution is -0.120. The summed E-state index contributed by atoms with van der Waals surface area (Å²) in [5.41, 5.74) is 0.985. The number of halogens is 2. The van der Waals surface area contributed by atoms with Crippen LogP contribution in [0.1, 0.15) is 12.5 Å². The Morgan fingerprint density at radius 3 is 2.73 bits per heavy atom. The largest absolute Gasteiger partial charge is 0.486 e. The van der Waals surface area contributed by atoms with Crippen LogP contribution in [-0.2, 0) is 11.3 Å². The van der Waals surface area contributed by atoms with Crippen molar-refractivity contribution in [2.45, 2.75) is 19.5 Å². The molecule has 0 aromatic heterocycles. The zero-order chi connectivity index (χ0) is 18.7. The van der Waals surface area contributed by atoms with E-state index in [9.17, 15) is 9.18 Å². The fourth-order valence-electron chi connectivity index (χ4n) is 2.64. The van der Waals surface area contributed by atoms with E-state index in [4.69, 9.17) is 21.1 Å². The molecule has 5 nitrogen and oxygen atoms in total. The summed E-state index contributed by atoms with van der Waals surface area (Å²) in [6.07, 6.45) is 0. The van der Waals surface area contributed by atoms with Gasteiger partial charge in [-0.25, -0.2) is 4.39 Å². The number of hydrogen-bond donors (Lipinski definition) is 1. The molecule has 0 spiro atoms. The second-order valence-corrected chi connectivity index (χ2v) is 6.55. The van der Waals surface area contributed by atoms with Crippen LogP contribution < -0.4 is 14.8 Å². The van der Waals surface area contributed by atoms with Crippen LogP contribution in [0.2, 0.25) is 5.02 Å². The molecule has 1 atom stereocenters. The first kappa shape index (κ1) is 18.5. The Morgan fingerprint density at radius 2 is 2.00 bits per heavy atom. The number of benzene rings is 2. The third-order valence-corrected chi connectivity index (χ3v) is 4.67. The molecule has 1 N–H and O–H groups in total. The van der Waals surface area contributed by atoms with Crippen molar-refractivity contribution in [1.29, 1.82) is 0 Å². The molecule has 0 radical (unpaired) electrons. The van der Waals surface area contributed by atoms with E-state index < -0.39 is 6.04 Å². The number of nitrogens with one attached hydrogen (secondary N) is 1. The Bertz CT molecular complexity index is 795. The Balaban J connectivity index is 1.65. The van der Waals surface area contributed by atoms with E-state index in [2.05, 4.69) is 5.32 Å². The minimum Gasteiger partial charge on any atom is -0.486 e. The van der Waals surface area contributed by atoms with Gasteiger partial charge >= 0.3 is 0 Å². The molecule has 0 fully saturated rings. The van der Waals surface area contributed by atoms with E-state index in [0.29, 0.717) is 41.0 Å². The van der Waals surface area contributed by atoms with Crippen molar-refractivity contribution in [2.24, 2.45) is 0 Å². The lowest BCUT2D eigenvalue weighted by Gasteiger charge is -2.25. The smallest absolute Gasteiger partial charge is 0.241 e. The monoisotopic (exact) mass is 378 g/mol. The number of ether oxygens (including phenoxy) is 2. The maximum Gasteiger partial charge on any atom is 0.241 e. The molecule has 1 aliphatic rings. The molecule has 7 heteroatoms. The first-order chi connectivity index (χ1) is 12.5. The molecular formula is C19H20ClFN2O3. The van der Waals surface area contributed by atoms with Gasteiger partial charge in [-0.3, -0.25) is 9.69 Å². The lowest BCUT2D eigenvalue weighted by Crippen LogP contribution is -2.39. The minimum atomic E-state index is -0.487. The highest BCUT2D eigenvalue weighted by Crippen LogP contribution is 2.32. The summed E-state index contributed by atoms with van der Waals surface area (Å²) < 4.78 is 24.9. The van der Waals surface area contributed by atoms with E-state index in [1.165, 1.54) is 6.07 Å². The van der Waals surface area contributed by atoms with Crippen molar-refractivity contribution in [3.05, 3.63) is 52.8 Å². The fourth-order valence-corrected chi connectivity index (χ4v) is 2.86. The summed E-state index contributed by atoms with van der Waals surface area (Å²) in [5, 5.41) is 3.19. The topological polar surface area (TPSA) is 50.8 Å². The van der Waals surface area contributed by atoms with Crippen molar-refractivity contribution >= 4 is 23.2 Å². The highest BCUT2D eigenvalue weighted by molar-refractivity contribution is 6.31. The third-order valence-electron chi connectivity index (χ3n) is 4.32. The van der Waals surface area contributed by atoms with Gasteiger partial charge in [0.15, 0.2) is 11.5 Å². The molecule has 1 aliphatic heterocycles. The molecule has 26 heavy (non-hydrogen) atoms. The predicted molar refractivity (Wildman–Crippen MR) is 98.4 cm³/mol. The van der Waals surface area contributed by atoms with Crippen LogP contribution in [0.5, 0.6) is 11.5 Å². The van der Waals surface area contributed by atoms with Crippen molar-refractivity contribution in [3.63, 3.8) is 0 Å². The summed E-state index contributed by atoms with van der Waals surface area (Å²) in [6.45, 7) is 2.97. The van der Waals surface area contributed by atoms with Gasteiger partial charge in [-0.2, -0.15) is 0 Å². The van der Waals surface area contributed by atoms with Crippen LogP contribution in [0.3, 0.4) is 0 Å². The summed E-state index contributed by atoms with van der Waals surface area (Å²) in [4.78, 5) is 14.3. The number of carbonyl (C=O) groups is 1. The first-order valence-electron chi connectivity index (χ1n) is 8.29. The van der Waals surface area contributed by atoms with E-state index in [1.54, 1.807) is 49.2 Å². The van der Waals surface area contributed by atoms with Gasteiger partial charge in [0.05, 0.1) is 6.04 Å². The second-order valence-electron chi connectivity index (χ2n) is 6.14. The van der Waals surface area contributed by atoms with Gasteiger partial charge in [-0.05, 0) is 38.2 Å². The zero-order valence-electron chi connectivity index (χ0n) is 14.6. The van der Waals surface area contributed by atoms with Gasteiger partial charge in [-0.1, -0.05) is 17.7 Å². The van der Waals surface area contributed by atoms with Gasteiger partial charge in [0.25, 0.3) is 0 Å².